The molecule has 0 unspecified atom stereocenters. The highest BCUT2D eigenvalue weighted by atomic mass is 16.6. The standard InChI is InChI=1S/C22H24N2O3/c1-22(2)24(18(15-26-22)13-16-9-5-3-6-10-16)21(25)20-14-19(23-27-20)17-11-7-4-8-12-17/h3-12,18,20H,13-15H2,1-2H3/t18-,20-/m0/s1. The van der Waals surface area contributed by atoms with Gasteiger partial charge >= 0.3 is 0 Å². The molecule has 27 heavy (non-hydrogen) atoms. The molecule has 2 aliphatic rings. The highest BCUT2D eigenvalue weighted by Gasteiger charge is 2.47. The van der Waals surface area contributed by atoms with Crippen LogP contribution in [0.1, 0.15) is 31.4 Å². The van der Waals surface area contributed by atoms with Crippen molar-refractivity contribution in [2.24, 2.45) is 5.16 Å². The van der Waals surface area contributed by atoms with E-state index < -0.39 is 11.8 Å². The largest absolute Gasteiger partial charge is 0.382 e. The zero-order valence-corrected chi connectivity index (χ0v) is 15.7. The smallest absolute Gasteiger partial charge is 0.269 e. The zero-order chi connectivity index (χ0) is 18.9. The summed E-state index contributed by atoms with van der Waals surface area (Å²) in [5.41, 5.74) is 2.34. The summed E-state index contributed by atoms with van der Waals surface area (Å²) in [4.78, 5) is 20.7. The molecule has 0 spiro atoms. The molecule has 1 amide bonds. The Morgan fingerprint density at radius 3 is 2.48 bits per heavy atom. The molecule has 2 aliphatic heterocycles. The Balaban J connectivity index is 1.49. The van der Waals surface area contributed by atoms with Gasteiger partial charge in [-0.05, 0) is 31.4 Å². The molecule has 2 aromatic rings. The van der Waals surface area contributed by atoms with E-state index in [0.29, 0.717) is 13.0 Å². The molecule has 0 radical (unpaired) electrons. The molecule has 5 nitrogen and oxygen atoms in total. The van der Waals surface area contributed by atoms with E-state index in [4.69, 9.17) is 9.57 Å². The Morgan fingerprint density at radius 2 is 1.78 bits per heavy atom. The average molecular weight is 364 g/mol. The number of amides is 1. The number of benzene rings is 2. The van der Waals surface area contributed by atoms with Gasteiger partial charge in [0, 0.05) is 6.42 Å². The van der Waals surface area contributed by atoms with Crippen LogP contribution >= 0.6 is 0 Å². The van der Waals surface area contributed by atoms with Crippen LogP contribution in [0.4, 0.5) is 0 Å². The molecule has 2 aromatic carbocycles. The predicted octanol–water partition coefficient (Wildman–Crippen LogP) is 3.39. The number of carbonyl (C=O) groups excluding carboxylic acids is 1. The molecular weight excluding hydrogens is 340 g/mol. The second-order valence-corrected chi connectivity index (χ2v) is 7.51. The van der Waals surface area contributed by atoms with E-state index in [0.717, 1.165) is 17.7 Å². The van der Waals surface area contributed by atoms with Gasteiger partial charge in [-0.3, -0.25) is 4.79 Å². The van der Waals surface area contributed by atoms with Gasteiger partial charge in [-0.25, -0.2) is 0 Å². The van der Waals surface area contributed by atoms with Crippen LogP contribution in [0, 0.1) is 0 Å². The van der Waals surface area contributed by atoms with Crippen LogP contribution in [-0.4, -0.2) is 41.0 Å². The quantitative estimate of drug-likeness (QED) is 0.836. The Morgan fingerprint density at radius 1 is 1.11 bits per heavy atom. The summed E-state index contributed by atoms with van der Waals surface area (Å²) in [6.07, 6.45) is 0.641. The number of ether oxygens (including phenoxy) is 1. The van der Waals surface area contributed by atoms with E-state index >= 15 is 0 Å². The molecule has 4 rings (SSSR count). The summed E-state index contributed by atoms with van der Waals surface area (Å²) in [7, 11) is 0. The summed E-state index contributed by atoms with van der Waals surface area (Å²) in [6.45, 7) is 4.39. The van der Waals surface area contributed by atoms with Crippen molar-refractivity contribution in [1.82, 2.24) is 4.90 Å². The van der Waals surface area contributed by atoms with E-state index in [1.807, 2.05) is 67.3 Å². The molecule has 5 heteroatoms. The lowest BCUT2D eigenvalue weighted by Crippen LogP contribution is -2.52. The van der Waals surface area contributed by atoms with Crippen molar-refractivity contribution in [1.29, 1.82) is 0 Å². The fourth-order valence-electron chi connectivity index (χ4n) is 3.83. The minimum absolute atomic E-state index is 0.0146. The van der Waals surface area contributed by atoms with E-state index in [1.54, 1.807) is 0 Å². The number of oxime groups is 1. The topological polar surface area (TPSA) is 51.1 Å². The molecule has 0 N–H and O–H groups in total. The molecule has 0 saturated carbocycles. The van der Waals surface area contributed by atoms with Crippen molar-refractivity contribution in [3.05, 3.63) is 71.8 Å². The number of carbonyl (C=O) groups is 1. The third kappa shape index (κ3) is 3.60. The molecule has 2 atom stereocenters. The average Bonchev–Trinajstić information content (AvgIpc) is 3.28. The lowest BCUT2D eigenvalue weighted by atomic mass is 10.0. The molecule has 0 bridgehead atoms. The number of hydrogen-bond donors (Lipinski definition) is 0. The fourth-order valence-corrected chi connectivity index (χ4v) is 3.83. The molecule has 1 fully saturated rings. The first-order chi connectivity index (χ1) is 13.0. The van der Waals surface area contributed by atoms with Crippen molar-refractivity contribution < 1.29 is 14.4 Å². The molecule has 1 saturated heterocycles. The maximum atomic E-state index is 13.3. The van der Waals surface area contributed by atoms with Crippen LogP contribution < -0.4 is 0 Å². The lowest BCUT2D eigenvalue weighted by molar-refractivity contribution is -0.157. The first-order valence-electron chi connectivity index (χ1n) is 9.34. The second kappa shape index (κ2) is 7.16. The summed E-state index contributed by atoms with van der Waals surface area (Å²) in [5.74, 6) is -0.0619. The maximum absolute atomic E-state index is 13.3. The first kappa shape index (κ1) is 17.7. The van der Waals surface area contributed by atoms with Gasteiger partial charge in [-0.15, -0.1) is 0 Å². The van der Waals surface area contributed by atoms with Crippen molar-refractivity contribution >= 4 is 11.6 Å². The Labute approximate surface area is 159 Å². The molecule has 140 valence electrons. The number of rotatable bonds is 4. The monoisotopic (exact) mass is 364 g/mol. The zero-order valence-electron chi connectivity index (χ0n) is 15.7. The van der Waals surface area contributed by atoms with Crippen LogP contribution in [0.2, 0.25) is 0 Å². The highest BCUT2D eigenvalue weighted by molar-refractivity contribution is 6.04. The minimum atomic E-state index is -0.657. The van der Waals surface area contributed by atoms with Crippen LogP contribution in [-0.2, 0) is 20.8 Å². The maximum Gasteiger partial charge on any atom is 0.269 e. The third-order valence-corrected chi connectivity index (χ3v) is 5.18. The van der Waals surface area contributed by atoms with Crippen LogP contribution in [0.3, 0.4) is 0 Å². The van der Waals surface area contributed by atoms with Gasteiger partial charge in [0.1, 0.15) is 5.72 Å². The Bertz CT molecular complexity index is 833. The first-order valence-corrected chi connectivity index (χ1v) is 9.34. The van der Waals surface area contributed by atoms with Gasteiger partial charge in [-0.1, -0.05) is 65.8 Å². The van der Waals surface area contributed by atoms with Crippen molar-refractivity contribution in [2.45, 2.75) is 44.6 Å². The summed E-state index contributed by atoms with van der Waals surface area (Å²) in [5, 5.41) is 4.16. The van der Waals surface area contributed by atoms with Crippen LogP contribution in [0.5, 0.6) is 0 Å². The molecular formula is C22H24N2O3. The van der Waals surface area contributed by atoms with Crippen molar-refractivity contribution in [3.63, 3.8) is 0 Å². The van der Waals surface area contributed by atoms with Crippen molar-refractivity contribution in [3.8, 4) is 0 Å². The highest BCUT2D eigenvalue weighted by Crippen LogP contribution is 2.32. The van der Waals surface area contributed by atoms with Gasteiger partial charge in [0.15, 0.2) is 0 Å². The Hall–Kier alpha value is -2.66. The fraction of sp³-hybridized carbons (Fsp3) is 0.364. The van der Waals surface area contributed by atoms with Crippen LogP contribution in [0.15, 0.2) is 65.8 Å². The molecule has 0 aliphatic carbocycles. The van der Waals surface area contributed by atoms with Gasteiger partial charge in [-0.2, -0.15) is 0 Å². The Kier molecular flexibility index (Phi) is 4.70. The van der Waals surface area contributed by atoms with Crippen molar-refractivity contribution in [2.75, 3.05) is 6.61 Å². The van der Waals surface area contributed by atoms with Gasteiger partial charge in [0.05, 0.1) is 18.4 Å². The van der Waals surface area contributed by atoms with E-state index in [1.165, 1.54) is 5.56 Å². The number of nitrogens with zero attached hydrogens (tertiary/aromatic N) is 2. The van der Waals surface area contributed by atoms with Gasteiger partial charge in [0.2, 0.25) is 6.10 Å². The molecule has 0 aromatic heterocycles. The second-order valence-electron chi connectivity index (χ2n) is 7.51. The van der Waals surface area contributed by atoms with E-state index in [2.05, 4.69) is 17.3 Å². The minimum Gasteiger partial charge on any atom is -0.382 e. The summed E-state index contributed by atoms with van der Waals surface area (Å²) < 4.78 is 5.94. The summed E-state index contributed by atoms with van der Waals surface area (Å²) >= 11 is 0. The van der Waals surface area contributed by atoms with E-state index in [9.17, 15) is 4.79 Å². The summed E-state index contributed by atoms with van der Waals surface area (Å²) in [6, 6.07) is 20.0. The normalized spacial score (nSPS) is 23.8. The van der Waals surface area contributed by atoms with E-state index in [-0.39, 0.29) is 11.9 Å². The SMILES string of the molecule is CC1(C)OC[C@H](Cc2ccccc2)N1C(=O)[C@@H]1CC(c2ccccc2)=NO1. The van der Waals surface area contributed by atoms with Crippen LogP contribution in [0.25, 0.3) is 0 Å². The predicted molar refractivity (Wildman–Crippen MR) is 103 cm³/mol. The number of hydrogen-bond acceptors (Lipinski definition) is 4. The van der Waals surface area contributed by atoms with Gasteiger partial charge in [0.25, 0.3) is 5.91 Å². The third-order valence-electron chi connectivity index (χ3n) is 5.18. The van der Waals surface area contributed by atoms with Gasteiger partial charge < -0.3 is 14.5 Å². The molecule has 2 heterocycles. The lowest BCUT2D eigenvalue weighted by Gasteiger charge is -2.35.